The van der Waals surface area contributed by atoms with Gasteiger partial charge in [0.15, 0.2) is 5.17 Å². The Kier molecular flexibility index (Phi) is 5.00. The van der Waals surface area contributed by atoms with Gasteiger partial charge in [-0.05, 0) is 30.7 Å². The fourth-order valence-corrected chi connectivity index (χ4v) is 4.39. The summed E-state index contributed by atoms with van der Waals surface area (Å²) in [6.07, 6.45) is -0.224. The summed E-state index contributed by atoms with van der Waals surface area (Å²) in [6.45, 7) is 2.61. The Bertz CT molecular complexity index is 855. The lowest BCUT2D eigenvalue weighted by atomic mass is 10.0. The molecule has 0 bridgehead atoms. The number of anilines is 1. The van der Waals surface area contributed by atoms with E-state index in [-0.39, 0.29) is 18.0 Å². The lowest BCUT2D eigenvalue weighted by molar-refractivity contribution is -0.121. The molecule has 4 rings (SSSR count). The number of amidine groups is 1. The highest BCUT2D eigenvalue weighted by molar-refractivity contribution is 8.13. The number of nitrogens with one attached hydrogen (secondary N) is 2. The fraction of sp³-hybridized carbons (Fsp3) is 0.263. The van der Waals surface area contributed by atoms with Crippen LogP contribution in [0.3, 0.4) is 0 Å². The third-order valence-corrected chi connectivity index (χ3v) is 5.91. The first-order valence-corrected chi connectivity index (χ1v) is 9.83. The van der Waals surface area contributed by atoms with Gasteiger partial charge >= 0.3 is 0 Å². The van der Waals surface area contributed by atoms with Gasteiger partial charge in [0.25, 0.3) is 0 Å². The van der Waals surface area contributed by atoms with Gasteiger partial charge in [-0.3, -0.25) is 15.1 Å². The number of carbonyl (C=O) groups excluding carboxylic acids is 1. The molecule has 0 aromatic heterocycles. The first-order chi connectivity index (χ1) is 12.6. The van der Waals surface area contributed by atoms with Crippen molar-refractivity contribution in [3.05, 3.63) is 64.7 Å². The Balaban J connectivity index is 1.65. The normalized spacial score (nSPS) is 22.3. The molecule has 1 amide bonds. The first-order valence-electron chi connectivity index (χ1n) is 8.46. The number of carbonyl (C=O) groups is 1. The Hall–Kier alpha value is -1.86. The van der Waals surface area contributed by atoms with Gasteiger partial charge < -0.3 is 0 Å². The maximum atomic E-state index is 13.1. The molecule has 5 nitrogen and oxygen atoms in total. The highest BCUT2D eigenvalue weighted by Crippen LogP contribution is 2.31. The van der Waals surface area contributed by atoms with Gasteiger partial charge in [-0.15, -0.1) is 0 Å². The Labute approximate surface area is 161 Å². The van der Waals surface area contributed by atoms with Crippen LogP contribution in [0.4, 0.5) is 5.69 Å². The van der Waals surface area contributed by atoms with Crippen molar-refractivity contribution in [2.45, 2.75) is 18.8 Å². The molecule has 0 spiro atoms. The van der Waals surface area contributed by atoms with Crippen LogP contribution in [-0.4, -0.2) is 23.8 Å². The molecule has 2 N–H and O–H groups in total. The van der Waals surface area contributed by atoms with Gasteiger partial charge in [0.05, 0.1) is 11.6 Å². The van der Waals surface area contributed by atoms with Crippen LogP contribution in [0.15, 0.2) is 53.5 Å². The molecule has 7 heteroatoms. The Morgan fingerprint density at radius 1 is 1.23 bits per heavy atom. The smallest absolute Gasteiger partial charge is 0.241 e. The van der Waals surface area contributed by atoms with Crippen molar-refractivity contribution in [1.29, 1.82) is 0 Å². The summed E-state index contributed by atoms with van der Waals surface area (Å²) in [4.78, 5) is 19.6. The van der Waals surface area contributed by atoms with E-state index in [1.54, 1.807) is 4.90 Å². The fourth-order valence-electron chi connectivity index (χ4n) is 3.06. The maximum Gasteiger partial charge on any atom is 0.241 e. The molecule has 26 heavy (non-hydrogen) atoms. The van der Waals surface area contributed by atoms with Crippen LogP contribution in [0.5, 0.6) is 0 Å². The van der Waals surface area contributed by atoms with Crippen LogP contribution in [0.2, 0.25) is 5.02 Å². The Morgan fingerprint density at radius 3 is 2.77 bits per heavy atom. The summed E-state index contributed by atoms with van der Waals surface area (Å²) in [7, 11) is 0. The molecular formula is C19H19ClN4OS. The van der Waals surface area contributed by atoms with Crippen molar-refractivity contribution < 1.29 is 4.79 Å². The number of benzene rings is 2. The number of hydrogen-bond donors (Lipinski definition) is 2. The molecule has 2 unspecified atom stereocenters. The van der Waals surface area contributed by atoms with E-state index >= 15 is 0 Å². The molecule has 2 aliphatic heterocycles. The van der Waals surface area contributed by atoms with E-state index in [0.717, 1.165) is 21.8 Å². The van der Waals surface area contributed by atoms with Crippen LogP contribution in [0.1, 0.15) is 11.1 Å². The summed E-state index contributed by atoms with van der Waals surface area (Å²) >= 11 is 7.80. The van der Waals surface area contributed by atoms with Crippen molar-refractivity contribution >= 4 is 40.1 Å². The predicted molar refractivity (Wildman–Crippen MR) is 107 cm³/mol. The van der Waals surface area contributed by atoms with Crippen LogP contribution >= 0.6 is 23.4 Å². The second kappa shape index (κ2) is 7.40. The zero-order chi connectivity index (χ0) is 18.1. The molecule has 0 saturated carbocycles. The molecule has 1 fully saturated rings. The maximum absolute atomic E-state index is 13.1. The van der Waals surface area contributed by atoms with Gasteiger partial charge in [-0.1, -0.05) is 59.3 Å². The number of hydrazine groups is 1. The third kappa shape index (κ3) is 3.38. The van der Waals surface area contributed by atoms with E-state index in [0.29, 0.717) is 17.5 Å². The van der Waals surface area contributed by atoms with E-state index in [4.69, 9.17) is 16.6 Å². The monoisotopic (exact) mass is 386 g/mol. The van der Waals surface area contributed by atoms with Crippen molar-refractivity contribution in [3.8, 4) is 0 Å². The zero-order valence-corrected chi connectivity index (χ0v) is 15.8. The minimum absolute atomic E-state index is 0.0630. The summed E-state index contributed by atoms with van der Waals surface area (Å²) in [6, 6.07) is 15.7. The summed E-state index contributed by atoms with van der Waals surface area (Å²) in [5.41, 5.74) is 9.15. The van der Waals surface area contributed by atoms with Gasteiger partial charge in [0, 0.05) is 17.3 Å². The Morgan fingerprint density at radius 2 is 2.00 bits per heavy atom. The second-order valence-corrected chi connectivity index (χ2v) is 7.73. The average molecular weight is 387 g/mol. The molecule has 2 atom stereocenters. The number of thioether (sulfide) groups is 1. The third-order valence-electron chi connectivity index (χ3n) is 4.54. The van der Waals surface area contributed by atoms with Crippen molar-refractivity contribution in [1.82, 2.24) is 10.9 Å². The quantitative estimate of drug-likeness (QED) is 0.849. The molecule has 2 aromatic rings. The largest absolute Gasteiger partial charge is 0.274 e. The van der Waals surface area contributed by atoms with E-state index in [1.807, 2.05) is 55.5 Å². The van der Waals surface area contributed by atoms with E-state index in [9.17, 15) is 4.79 Å². The lowest BCUT2D eigenvalue weighted by Gasteiger charge is -2.32. The molecule has 2 aromatic carbocycles. The summed E-state index contributed by atoms with van der Waals surface area (Å²) in [5, 5.41) is 1.42. The predicted octanol–water partition coefficient (Wildman–Crippen LogP) is 3.33. The molecule has 2 heterocycles. The van der Waals surface area contributed by atoms with Gasteiger partial charge in [0.2, 0.25) is 5.91 Å². The molecule has 2 aliphatic rings. The topological polar surface area (TPSA) is 56.7 Å². The number of aryl methyl sites for hydroxylation is 1. The number of fused-ring (bicyclic) bond motifs is 1. The van der Waals surface area contributed by atoms with Crippen LogP contribution in [0, 0.1) is 12.8 Å². The van der Waals surface area contributed by atoms with Crippen molar-refractivity contribution in [2.75, 3.05) is 11.4 Å². The number of halogens is 1. The van der Waals surface area contributed by atoms with Gasteiger partial charge in [-0.25, -0.2) is 10.4 Å². The lowest BCUT2D eigenvalue weighted by Crippen LogP contribution is -2.49. The molecule has 0 radical (unpaired) electrons. The number of amides is 1. The molecular weight excluding hydrogens is 368 g/mol. The highest BCUT2D eigenvalue weighted by atomic mass is 35.5. The van der Waals surface area contributed by atoms with Crippen LogP contribution in [-0.2, 0) is 10.5 Å². The number of aliphatic imine (C=N–C) groups is 1. The van der Waals surface area contributed by atoms with E-state index in [1.165, 1.54) is 11.8 Å². The average Bonchev–Trinajstić information content (AvgIpc) is 3.11. The standard InChI is InChI=1S/C19H19ClN4OS/c1-12-6-8-14(9-7-12)24-18(25)15-10-21-23-17(15)22-19(24)26-11-13-4-2-3-5-16(13)20/h2-9,15,17,21,23H,10-11H2,1H3. The van der Waals surface area contributed by atoms with Crippen LogP contribution < -0.4 is 15.8 Å². The first kappa shape index (κ1) is 17.5. The molecule has 1 saturated heterocycles. The number of rotatable bonds is 3. The number of hydrogen-bond acceptors (Lipinski definition) is 5. The number of nitrogens with zero attached hydrogens (tertiary/aromatic N) is 2. The SMILES string of the molecule is Cc1ccc(N2C(=O)C3CNNC3N=C2SCc2ccccc2Cl)cc1. The second-order valence-electron chi connectivity index (χ2n) is 6.38. The summed E-state index contributed by atoms with van der Waals surface area (Å²) < 4.78 is 0. The van der Waals surface area contributed by atoms with Crippen molar-refractivity contribution in [3.63, 3.8) is 0 Å². The minimum atomic E-state index is -0.224. The van der Waals surface area contributed by atoms with E-state index in [2.05, 4.69) is 10.9 Å². The van der Waals surface area contributed by atoms with E-state index < -0.39 is 0 Å². The molecule has 134 valence electrons. The van der Waals surface area contributed by atoms with Crippen LogP contribution in [0.25, 0.3) is 0 Å². The minimum Gasteiger partial charge on any atom is -0.274 e. The summed E-state index contributed by atoms with van der Waals surface area (Å²) in [5.74, 6) is 0.521. The van der Waals surface area contributed by atoms with Gasteiger partial charge in [-0.2, -0.15) is 0 Å². The van der Waals surface area contributed by atoms with Gasteiger partial charge in [0.1, 0.15) is 6.17 Å². The zero-order valence-electron chi connectivity index (χ0n) is 14.3. The molecule has 0 aliphatic carbocycles. The van der Waals surface area contributed by atoms with Crippen molar-refractivity contribution in [2.24, 2.45) is 10.9 Å². The highest BCUT2D eigenvalue weighted by Gasteiger charge is 2.42.